The largest absolute Gasteiger partial charge is 0.327 e. The SMILES string of the molecule is Cc1c(F)ccc(-c2cnc3[nH]c(=O)n(Cc4cccnc4)c3c2)c1F. The Morgan fingerprint density at radius 2 is 2.04 bits per heavy atom. The van der Waals surface area contributed by atoms with E-state index in [4.69, 9.17) is 0 Å². The molecule has 0 aliphatic carbocycles. The molecule has 0 aliphatic rings. The van der Waals surface area contributed by atoms with E-state index in [-0.39, 0.29) is 16.8 Å². The number of benzene rings is 1. The molecule has 4 aromatic rings. The van der Waals surface area contributed by atoms with Crippen LogP contribution >= 0.6 is 0 Å². The van der Waals surface area contributed by atoms with E-state index in [1.807, 2.05) is 6.07 Å². The van der Waals surface area contributed by atoms with Crippen molar-refractivity contribution in [3.05, 3.63) is 82.2 Å². The molecule has 0 aliphatic heterocycles. The molecule has 3 heterocycles. The van der Waals surface area contributed by atoms with Gasteiger partial charge in [0.15, 0.2) is 5.65 Å². The van der Waals surface area contributed by atoms with Gasteiger partial charge < -0.3 is 0 Å². The van der Waals surface area contributed by atoms with Crippen molar-refractivity contribution in [1.82, 2.24) is 19.5 Å². The molecule has 130 valence electrons. The predicted molar refractivity (Wildman–Crippen MR) is 93.8 cm³/mol. The van der Waals surface area contributed by atoms with Crippen LogP contribution in [0.5, 0.6) is 0 Å². The van der Waals surface area contributed by atoms with Gasteiger partial charge in [0.25, 0.3) is 0 Å². The maximum absolute atomic E-state index is 14.4. The average Bonchev–Trinajstić information content (AvgIpc) is 2.96. The molecular weight excluding hydrogens is 338 g/mol. The van der Waals surface area contributed by atoms with Gasteiger partial charge in [-0.2, -0.15) is 0 Å². The van der Waals surface area contributed by atoms with Crippen molar-refractivity contribution in [3.8, 4) is 11.1 Å². The highest BCUT2D eigenvalue weighted by Crippen LogP contribution is 2.27. The summed E-state index contributed by atoms with van der Waals surface area (Å²) >= 11 is 0. The Labute approximate surface area is 147 Å². The van der Waals surface area contributed by atoms with Gasteiger partial charge in [-0.25, -0.2) is 18.6 Å². The lowest BCUT2D eigenvalue weighted by Crippen LogP contribution is -2.17. The molecule has 7 heteroatoms. The van der Waals surface area contributed by atoms with E-state index in [0.717, 1.165) is 5.56 Å². The molecule has 0 atom stereocenters. The minimum absolute atomic E-state index is 0.0515. The highest BCUT2D eigenvalue weighted by Gasteiger charge is 2.15. The van der Waals surface area contributed by atoms with Crippen LogP contribution in [0.3, 0.4) is 0 Å². The van der Waals surface area contributed by atoms with E-state index < -0.39 is 11.6 Å². The molecule has 5 nitrogen and oxygen atoms in total. The standard InChI is InChI=1S/C19H14F2N4O/c1-11-15(20)5-4-14(17(11)21)13-7-16-18(23-9-13)24-19(26)25(16)10-12-3-2-6-22-8-12/h2-9H,10H2,1H3,(H,23,24,26). The van der Waals surface area contributed by atoms with Crippen LogP contribution < -0.4 is 5.69 Å². The fraction of sp³-hybridized carbons (Fsp3) is 0.105. The highest BCUT2D eigenvalue weighted by molar-refractivity contribution is 5.78. The number of hydrogen-bond donors (Lipinski definition) is 1. The highest BCUT2D eigenvalue weighted by atomic mass is 19.1. The first kappa shape index (κ1) is 16.1. The Hall–Kier alpha value is -3.35. The van der Waals surface area contributed by atoms with Crippen molar-refractivity contribution < 1.29 is 8.78 Å². The topological polar surface area (TPSA) is 63.6 Å². The number of halogens is 2. The third kappa shape index (κ3) is 2.67. The summed E-state index contributed by atoms with van der Waals surface area (Å²) in [5.74, 6) is -1.24. The van der Waals surface area contributed by atoms with Crippen LogP contribution in [0.25, 0.3) is 22.3 Å². The van der Waals surface area contributed by atoms with Crippen LogP contribution in [0.1, 0.15) is 11.1 Å². The normalized spacial score (nSPS) is 11.2. The Balaban J connectivity index is 1.86. The van der Waals surface area contributed by atoms with Gasteiger partial charge >= 0.3 is 5.69 Å². The summed E-state index contributed by atoms with van der Waals surface area (Å²) < 4.78 is 29.5. The lowest BCUT2D eigenvalue weighted by Gasteiger charge is -2.08. The van der Waals surface area contributed by atoms with Crippen LogP contribution in [0.4, 0.5) is 8.78 Å². The second-order valence-corrected chi connectivity index (χ2v) is 6.00. The van der Waals surface area contributed by atoms with E-state index in [9.17, 15) is 13.6 Å². The van der Waals surface area contributed by atoms with Crippen molar-refractivity contribution in [3.63, 3.8) is 0 Å². The first-order valence-corrected chi connectivity index (χ1v) is 7.97. The molecule has 1 N–H and O–H groups in total. The molecule has 3 aromatic heterocycles. The Kier molecular flexibility index (Phi) is 3.84. The van der Waals surface area contributed by atoms with Crippen molar-refractivity contribution in [2.75, 3.05) is 0 Å². The third-order valence-corrected chi connectivity index (χ3v) is 4.32. The van der Waals surface area contributed by atoms with Crippen molar-refractivity contribution in [2.24, 2.45) is 0 Å². The molecule has 0 saturated carbocycles. The van der Waals surface area contributed by atoms with Crippen LogP contribution in [0.15, 0.2) is 53.7 Å². The number of H-pyrrole nitrogens is 1. The summed E-state index contributed by atoms with van der Waals surface area (Å²) in [6.45, 7) is 1.69. The Bertz CT molecular complexity index is 1170. The molecule has 0 spiro atoms. The molecule has 26 heavy (non-hydrogen) atoms. The van der Waals surface area contributed by atoms with E-state index in [1.165, 1.54) is 29.8 Å². The maximum Gasteiger partial charge on any atom is 0.327 e. The second kappa shape index (κ2) is 6.18. The molecule has 0 bridgehead atoms. The quantitative estimate of drug-likeness (QED) is 0.614. The zero-order chi connectivity index (χ0) is 18.3. The summed E-state index contributed by atoms with van der Waals surface area (Å²) in [6.07, 6.45) is 4.79. The lowest BCUT2D eigenvalue weighted by atomic mass is 10.0. The zero-order valence-corrected chi connectivity index (χ0v) is 13.8. The van der Waals surface area contributed by atoms with Gasteiger partial charge in [-0.3, -0.25) is 14.5 Å². The summed E-state index contributed by atoms with van der Waals surface area (Å²) in [4.78, 5) is 23.2. The first-order chi connectivity index (χ1) is 12.5. The van der Waals surface area contributed by atoms with Gasteiger partial charge in [-0.15, -0.1) is 0 Å². The molecule has 0 saturated heterocycles. The number of nitrogens with one attached hydrogen (secondary N) is 1. The zero-order valence-electron chi connectivity index (χ0n) is 13.8. The summed E-state index contributed by atoms with van der Waals surface area (Å²) in [5.41, 5.74) is 2.13. The summed E-state index contributed by atoms with van der Waals surface area (Å²) in [7, 11) is 0. The Morgan fingerprint density at radius 3 is 2.81 bits per heavy atom. The van der Waals surface area contributed by atoms with Gasteiger partial charge in [0, 0.05) is 35.3 Å². The van der Waals surface area contributed by atoms with Crippen molar-refractivity contribution in [2.45, 2.75) is 13.5 Å². The van der Waals surface area contributed by atoms with Gasteiger partial charge in [0.1, 0.15) is 11.6 Å². The Morgan fingerprint density at radius 1 is 1.19 bits per heavy atom. The number of pyridine rings is 2. The fourth-order valence-electron chi connectivity index (χ4n) is 2.90. The van der Waals surface area contributed by atoms with E-state index in [1.54, 1.807) is 24.5 Å². The van der Waals surface area contributed by atoms with Gasteiger partial charge in [-0.1, -0.05) is 6.07 Å². The van der Waals surface area contributed by atoms with E-state index in [0.29, 0.717) is 23.3 Å². The molecular formula is C19H14F2N4O. The van der Waals surface area contributed by atoms with Crippen LogP contribution in [-0.4, -0.2) is 19.5 Å². The number of fused-ring (bicyclic) bond motifs is 1. The van der Waals surface area contributed by atoms with Crippen LogP contribution in [0, 0.1) is 18.6 Å². The molecule has 0 amide bonds. The monoisotopic (exact) mass is 352 g/mol. The van der Waals surface area contributed by atoms with E-state index >= 15 is 0 Å². The smallest absolute Gasteiger partial charge is 0.290 e. The second-order valence-electron chi connectivity index (χ2n) is 6.00. The van der Waals surface area contributed by atoms with Crippen LogP contribution in [-0.2, 0) is 6.54 Å². The average molecular weight is 352 g/mol. The molecule has 1 aromatic carbocycles. The minimum atomic E-state index is -0.636. The molecule has 4 rings (SSSR count). The summed E-state index contributed by atoms with van der Waals surface area (Å²) in [5, 5.41) is 0. The first-order valence-electron chi connectivity index (χ1n) is 7.97. The van der Waals surface area contributed by atoms with Gasteiger partial charge in [-0.05, 0) is 36.8 Å². The number of hydrogen-bond acceptors (Lipinski definition) is 3. The minimum Gasteiger partial charge on any atom is -0.290 e. The number of aromatic amines is 1. The fourth-order valence-corrected chi connectivity index (χ4v) is 2.90. The number of imidazole rings is 1. The predicted octanol–water partition coefficient (Wildman–Crippen LogP) is 3.42. The maximum atomic E-state index is 14.4. The number of nitrogens with zero attached hydrogens (tertiary/aromatic N) is 3. The van der Waals surface area contributed by atoms with Gasteiger partial charge in [0.05, 0.1) is 12.1 Å². The van der Waals surface area contributed by atoms with E-state index in [2.05, 4.69) is 15.0 Å². The lowest BCUT2D eigenvalue weighted by molar-refractivity contribution is 0.570. The van der Waals surface area contributed by atoms with Crippen molar-refractivity contribution >= 4 is 11.2 Å². The van der Waals surface area contributed by atoms with Crippen molar-refractivity contribution in [1.29, 1.82) is 0 Å². The van der Waals surface area contributed by atoms with Crippen LogP contribution in [0.2, 0.25) is 0 Å². The number of aromatic nitrogens is 4. The third-order valence-electron chi connectivity index (χ3n) is 4.32. The molecule has 0 radical (unpaired) electrons. The van der Waals surface area contributed by atoms with Gasteiger partial charge in [0.2, 0.25) is 0 Å². The molecule has 0 fully saturated rings. The molecule has 0 unspecified atom stereocenters. The summed E-state index contributed by atoms with van der Waals surface area (Å²) in [6, 6.07) is 7.91. The number of rotatable bonds is 3.